The minimum Gasteiger partial charge on any atom is -0.333 e. The van der Waals surface area contributed by atoms with Crippen LogP contribution in [0.15, 0.2) is 36.5 Å². The van der Waals surface area contributed by atoms with Crippen molar-refractivity contribution in [2.24, 2.45) is 7.05 Å². The molecular formula is C15H18Cl2N6. The monoisotopic (exact) mass is 352 g/mol. The number of rotatable bonds is 2. The summed E-state index contributed by atoms with van der Waals surface area (Å²) in [6.45, 7) is 2.59. The maximum absolute atomic E-state index is 4.75. The third kappa shape index (κ3) is 3.10. The van der Waals surface area contributed by atoms with Crippen LogP contribution in [-0.2, 0) is 20.1 Å². The molecule has 1 N–H and O–H groups in total. The molecule has 0 bridgehead atoms. The molecule has 1 aromatic carbocycles. The number of benzene rings is 1. The average molecular weight is 353 g/mol. The first-order valence-corrected chi connectivity index (χ1v) is 7.05. The molecule has 3 aromatic rings. The highest BCUT2D eigenvalue weighted by molar-refractivity contribution is 5.85. The van der Waals surface area contributed by atoms with Crippen LogP contribution in [0.4, 0.5) is 0 Å². The largest absolute Gasteiger partial charge is 0.333 e. The second kappa shape index (κ2) is 7.12. The van der Waals surface area contributed by atoms with Crippen LogP contribution in [0.5, 0.6) is 0 Å². The molecule has 0 aliphatic carbocycles. The summed E-state index contributed by atoms with van der Waals surface area (Å²) in [4.78, 5) is 4.75. The van der Waals surface area contributed by atoms with Gasteiger partial charge in [-0.3, -0.25) is 0 Å². The van der Waals surface area contributed by atoms with Crippen LogP contribution >= 0.6 is 24.8 Å². The van der Waals surface area contributed by atoms with Crippen molar-refractivity contribution in [3.05, 3.63) is 42.4 Å². The summed E-state index contributed by atoms with van der Waals surface area (Å²) >= 11 is 0. The van der Waals surface area contributed by atoms with Gasteiger partial charge < -0.3 is 14.5 Å². The van der Waals surface area contributed by atoms with Crippen molar-refractivity contribution in [1.82, 2.24) is 29.6 Å². The first kappa shape index (κ1) is 17.5. The summed E-state index contributed by atoms with van der Waals surface area (Å²) in [6.07, 6.45) is 2.02. The molecule has 0 saturated heterocycles. The van der Waals surface area contributed by atoms with Crippen molar-refractivity contribution in [1.29, 1.82) is 0 Å². The Hall–Kier alpha value is -1.89. The number of halogens is 2. The van der Waals surface area contributed by atoms with E-state index in [-0.39, 0.29) is 24.8 Å². The Balaban J connectivity index is 0.000000960. The van der Waals surface area contributed by atoms with E-state index < -0.39 is 0 Å². The number of nitrogens with one attached hydrogen (secondary N) is 1. The van der Waals surface area contributed by atoms with Gasteiger partial charge in [-0.15, -0.1) is 35.0 Å². The highest BCUT2D eigenvalue weighted by Crippen LogP contribution is 2.24. The number of hydrogen-bond acceptors (Lipinski definition) is 4. The zero-order valence-electron chi connectivity index (χ0n) is 12.6. The van der Waals surface area contributed by atoms with Gasteiger partial charge in [0.15, 0.2) is 5.82 Å². The van der Waals surface area contributed by atoms with E-state index in [1.54, 1.807) is 0 Å². The zero-order valence-corrected chi connectivity index (χ0v) is 14.3. The van der Waals surface area contributed by atoms with Gasteiger partial charge in [-0.25, -0.2) is 4.98 Å². The van der Waals surface area contributed by atoms with Crippen LogP contribution in [0, 0.1) is 0 Å². The molecule has 0 saturated carbocycles. The summed E-state index contributed by atoms with van der Waals surface area (Å²) < 4.78 is 4.18. The van der Waals surface area contributed by atoms with E-state index in [1.807, 2.05) is 36.0 Å². The smallest absolute Gasteiger partial charge is 0.184 e. The van der Waals surface area contributed by atoms with Crippen molar-refractivity contribution >= 4 is 24.8 Å². The molecule has 23 heavy (non-hydrogen) atoms. The third-order valence-electron chi connectivity index (χ3n) is 3.76. The summed E-state index contributed by atoms with van der Waals surface area (Å²) in [5.41, 5.74) is 1.98. The van der Waals surface area contributed by atoms with Gasteiger partial charge in [0.25, 0.3) is 0 Å². The molecular weight excluding hydrogens is 335 g/mol. The average Bonchev–Trinajstić information content (AvgIpc) is 3.11. The lowest BCUT2D eigenvalue weighted by atomic mass is 10.2. The van der Waals surface area contributed by atoms with Crippen molar-refractivity contribution in [2.75, 3.05) is 6.54 Å². The molecule has 1 aliphatic heterocycles. The van der Waals surface area contributed by atoms with E-state index in [4.69, 9.17) is 4.98 Å². The Labute approximate surface area is 146 Å². The number of imidazole rings is 1. The Bertz CT molecular complexity index is 781. The first-order valence-electron chi connectivity index (χ1n) is 7.05. The van der Waals surface area contributed by atoms with Crippen molar-refractivity contribution in [3.63, 3.8) is 0 Å². The van der Waals surface area contributed by atoms with Crippen LogP contribution in [0.3, 0.4) is 0 Å². The van der Waals surface area contributed by atoms with Gasteiger partial charge in [0.1, 0.15) is 17.3 Å². The Kier molecular flexibility index (Phi) is 5.41. The molecule has 0 atom stereocenters. The maximum Gasteiger partial charge on any atom is 0.184 e. The lowest BCUT2D eigenvalue weighted by Crippen LogP contribution is -2.28. The first-order chi connectivity index (χ1) is 10.3. The number of aryl methyl sites for hydroxylation is 1. The van der Waals surface area contributed by atoms with Crippen molar-refractivity contribution in [3.8, 4) is 22.9 Å². The van der Waals surface area contributed by atoms with E-state index in [1.165, 1.54) is 0 Å². The van der Waals surface area contributed by atoms with E-state index in [9.17, 15) is 0 Å². The normalized spacial score (nSPS) is 12.9. The fourth-order valence-corrected chi connectivity index (χ4v) is 2.71. The molecule has 2 aromatic heterocycles. The van der Waals surface area contributed by atoms with Crippen molar-refractivity contribution in [2.45, 2.75) is 13.1 Å². The standard InChI is InChI=1S/C15H16N6.2ClH/c1-20-10-12(17-14(20)11-5-3-2-4-6-11)15-19-18-13-9-16-7-8-21(13)15;;/h2-6,10,16H,7-9H2,1H3;2*1H. The molecule has 0 fully saturated rings. The fourth-order valence-electron chi connectivity index (χ4n) is 2.71. The maximum atomic E-state index is 4.75. The predicted octanol–water partition coefficient (Wildman–Crippen LogP) is 2.29. The molecule has 0 unspecified atom stereocenters. The van der Waals surface area contributed by atoms with Gasteiger partial charge in [-0.2, -0.15) is 0 Å². The summed E-state index contributed by atoms with van der Waals surface area (Å²) in [5, 5.41) is 11.9. The zero-order chi connectivity index (χ0) is 14.2. The highest BCUT2D eigenvalue weighted by Gasteiger charge is 2.19. The molecule has 4 rings (SSSR count). The lowest BCUT2D eigenvalue weighted by molar-refractivity contribution is 0.508. The number of hydrogen-bond donors (Lipinski definition) is 1. The highest BCUT2D eigenvalue weighted by atomic mass is 35.5. The minimum atomic E-state index is 0. The molecule has 6 nitrogen and oxygen atoms in total. The van der Waals surface area contributed by atoms with Gasteiger partial charge >= 0.3 is 0 Å². The molecule has 1 aliphatic rings. The van der Waals surface area contributed by atoms with E-state index in [0.717, 1.165) is 48.4 Å². The molecule has 3 heterocycles. The third-order valence-corrected chi connectivity index (χ3v) is 3.76. The SMILES string of the molecule is Cl.Cl.Cn1cc(-c2nnc3n2CCNC3)nc1-c1ccccc1. The topological polar surface area (TPSA) is 60.6 Å². The number of nitrogens with zero attached hydrogens (tertiary/aromatic N) is 5. The Morgan fingerprint density at radius 2 is 1.83 bits per heavy atom. The molecule has 0 amide bonds. The molecule has 0 radical (unpaired) electrons. The summed E-state index contributed by atoms with van der Waals surface area (Å²) in [7, 11) is 2.01. The quantitative estimate of drug-likeness (QED) is 0.768. The molecule has 122 valence electrons. The second-order valence-corrected chi connectivity index (χ2v) is 5.19. The van der Waals surface area contributed by atoms with E-state index in [0.29, 0.717) is 0 Å². The predicted molar refractivity (Wildman–Crippen MR) is 93.9 cm³/mol. The second-order valence-electron chi connectivity index (χ2n) is 5.19. The van der Waals surface area contributed by atoms with E-state index >= 15 is 0 Å². The lowest BCUT2D eigenvalue weighted by Gasteiger charge is -2.15. The van der Waals surface area contributed by atoms with Crippen LogP contribution in [0.25, 0.3) is 22.9 Å². The fraction of sp³-hybridized carbons (Fsp3) is 0.267. The van der Waals surface area contributed by atoms with Gasteiger partial charge in [0, 0.05) is 31.9 Å². The van der Waals surface area contributed by atoms with Gasteiger partial charge in [0.2, 0.25) is 0 Å². The van der Waals surface area contributed by atoms with Crippen molar-refractivity contribution < 1.29 is 0 Å². The van der Waals surface area contributed by atoms with Crippen LogP contribution in [0.1, 0.15) is 5.82 Å². The summed E-state index contributed by atoms with van der Waals surface area (Å²) in [6, 6.07) is 10.2. The van der Waals surface area contributed by atoms with Crippen LogP contribution in [-0.4, -0.2) is 30.9 Å². The van der Waals surface area contributed by atoms with E-state index in [2.05, 4.69) is 32.2 Å². The van der Waals surface area contributed by atoms with Gasteiger partial charge in [-0.1, -0.05) is 30.3 Å². The van der Waals surface area contributed by atoms with Gasteiger partial charge in [0.05, 0.1) is 6.54 Å². The van der Waals surface area contributed by atoms with Crippen LogP contribution in [0.2, 0.25) is 0 Å². The molecule has 8 heteroatoms. The minimum absolute atomic E-state index is 0. The summed E-state index contributed by atoms with van der Waals surface area (Å²) in [5.74, 6) is 2.77. The Morgan fingerprint density at radius 3 is 2.61 bits per heavy atom. The number of fused-ring (bicyclic) bond motifs is 1. The number of aromatic nitrogens is 5. The van der Waals surface area contributed by atoms with Crippen LogP contribution < -0.4 is 5.32 Å². The van der Waals surface area contributed by atoms with Gasteiger partial charge in [-0.05, 0) is 0 Å². The molecule has 0 spiro atoms. The Morgan fingerprint density at radius 1 is 1.04 bits per heavy atom.